The predicted octanol–water partition coefficient (Wildman–Crippen LogP) is 4.78. The largest absolute Gasteiger partial charge is 0.462 e. The summed E-state index contributed by atoms with van der Waals surface area (Å²) in [6, 6.07) is 3.89. The Morgan fingerprint density at radius 3 is 2.73 bits per heavy atom. The number of anilines is 1. The van der Waals surface area contributed by atoms with Crippen LogP contribution in [0.4, 0.5) is 5.00 Å². The zero-order valence-corrected chi connectivity index (χ0v) is 14.3. The van der Waals surface area contributed by atoms with Gasteiger partial charge in [0.15, 0.2) is 0 Å². The van der Waals surface area contributed by atoms with Gasteiger partial charge in [0.2, 0.25) is 5.91 Å². The van der Waals surface area contributed by atoms with Crippen LogP contribution in [-0.4, -0.2) is 18.5 Å². The molecule has 4 nitrogen and oxygen atoms in total. The second-order valence-corrected chi connectivity index (χ2v) is 6.53. The molecular formula is C16H19NO3S2. The van der Waals surface area contributed by atoms with E-state index in [-0.39, 0.29) is 5.91 Å². The van der Waals surface area contributed by atoms with Crippen LogP contribution >= 0.6 is 22.7 Å². The number of carbonyl (C=O) groups excluding carboxylic acids is 2. The fourth-order valence-corrected chi connectivity index (χ4v) is 3.78. The minimum absolute atomic E-state index is 0.0630. The van der Waals surface area contributed by atoms with Crippen molar-refractivity contribution in [3.63, 3.8) is 0 Å². The molecule has 0 spiro atoms. The number of ether oxygens (including phenoxy) is 1. The van der Waals surface area contributed by atoms with Crippen molar-refractivity contribution in [3.8, 4) is 10.4 Å². The molecule has 0 radical (unpaired) electrons. The first-order chi connectivity index (χ1) is 10.7. The highest BCUT2D eigenvalue weighted by atomic mass is 32.1. The minimum atomic E-state index is -0.391. The number of carbonyl (C=O) groups is 2. The second-order valence-electron chi connectivity index (χ2n) is 4.70. The van der Waals surface area contributed by atoms with Crippen molar-refractivity contribution in [1.29, 1.82) is 0 Å². The molecule has 2 rings (SSSR count). The van der Waals surface area contributed by atoms with E-state index in [2.05, 4.69) is 5.32 Å². The van der Waals surface area contributed by atoms with E-state index in [1.54, 1.807) is 18.3 Å². The zero-order valence-electron chi connectivity index (χ0n) is 12.7. The van der Waals surface area contributed by atoms with E-state index in [0.29, 0.717) is 23.6 Å². The van der Waals surface area contributed by atoms with E-state index in [0.717, 1.165) is 23.3 Å². The van der Waals surface area contributed by atoms with Gasteiger partial charge >= 0.3 is 5.97 Å². The first-order valence-electron chi connectivity index (χ1n) is 7.29. The van der Waals surface area contributed by atoms with Crippen molar-refractivity contribution < 1.29 is 14.3 Å². The van der Waals surface area contributed by atoms with Crippen LogP contribution in [0.25, 0.3) is 10.4 Å². The first kappa shape index (κ1) is 16.7. The van der Waals surface area contributed by atoms with Gasteiger partial charge in [0.25, 0.3) is 0 Å². The molecule has 2 heterocycles. The number of hydrogen-bond donors (Lipinski definition) is 1. The summed E-state index contributed by atoms with van der Waals surface area (Å²) in [6.45, 7) is 4.12. The molecule has 0 aliphatic heterocycles. The average Bonchev–Trinajstić information content (AvgIpc) is 3.14. The quantitative estimate of drug-likeness (QED) is 0.740. The lowest BCUT2D eigenvalue weighted by atomic mass is 10.1. The smallest absolute Gasteiger partial charge is 0.341 e. The number of unbranched alkanes of at least 4 members (excludes halogenated alkanes) is 1. The Balaban J connectivity index is 2.29. The topological polar surface area (TPSA) is 55.4 Å². The van der Waals surface area contributed by atoms with Crippen LogP contribution < -0.4 is 5.32 Å². The standard InChI is InChI=1S/C16H19NO3S2/c1-3-5-8-13(18)17-15-14(16(19)20-4-2)11(10-22-15)12-7-6-9-21-12/h6-7,9-10H,3-5,8H2,1-2H3,(H,17,18). The van der Waals surface area contributed by atoms with Gasteiger partial charge in [0.1, 0.15) is 10.6 Å². The third-order valence-corrected chi connectivity index (χ3v) is 4.87. The Hall–Kier alpha value is -1.66. The number of esters is 1. The molecule has 1 amide bonds. The van der Waals surface area contributed by atoms with Crippen LogP contribution in [0.15, 0.2) is 22.9 Å². The highest BCUT2D eigenvalue weighted by molar-refractivity contribution is 7.17. The van der Waals surface area contributed by atoms with Crippen molar-refractivity contribution in [2.75, 3.05) is 11.9 Å². The number of amides is 1. The van der Waals surface area contributed by atoms with Gasteiger partial charge in [-0.1, -0.05) is 19.4 Å². The van der Waals surface area contributed by atoms with Gasteiger partial charge in [-0.3, -0.25) is 4.79 Å². The van der Waals surface area contributed by atoms with Crippen LogP contribution in [0.5, 0.6) is 0 Å². The molecule has 0 unspecified atom stereocenters. The third kappa shape index (κ3) is 3.96. The monoisotopic (exact) mass is 337 g/mol. The lowest BCUT2D eigenvalue weighted by molar-refractivity contribution is -0.116. The van der Waals surface area contributed by atoms with Gasteiger partial charge in [-0.15, -0.1) is 22.7 Å². The summed E-state index contributed by atoms with van der Waals surface area (Å²) in [6.07, 6.45) is 2.26. The van der Waals surface area contributed by atoms with Gasteiger partial charge in [-0.2, -0.15) is 0 Å². The Kier molecular flexibility index (Phi) is 6.15. The molecule has 0 saturated heterocycles. The molecule has 0 aliphatic rings. The maximum absolute atomic E-state index is 12.3. The molecular weight excluding hydrogens is 318 g/mol. The first-order valence-corrected chi connectivity index (χ1v) is 9.05. The van der Waals surface area contributed by atoms with Gasteiger partial charge in [-0.05, 0) is 24.8 Å². The molecule has 6 heteroatoms. The Labute approximate surface area is 138 Å². The highest BCUT2D eigenvalue weighted by Crippen LogP contribution is 2.38. The SMILES string of the molecule is CCCCC(=O)Nc1scc(-c2cccs2)c1C(=O)OCC. The number of thiophene rings is 2. The van der Waals surface area contributed by atoms with Gasteiger partial charge in [0.05, 0.1) is 6.61 Å². The lowest BCUT2D eigenvalue weighted by Gasteiger charge is -2.07. The van der Waals surface area contributed by atoms with Crippen LogP contribution in [0.3, 0.4) is 0 Å². The Morgan fingerprint density at radius 2 is 2.09 bits per heavy atom. The molecule has 22 heavy (non-hydrogen) atoms. The fraction of sp³-hybridized carbons (Fsp3) is 0.375. The van der Waals surface area contributed by atoms with Crippen molar-refractivity contribution in [2.24, 2.45) is 0 Å². The summed E-state index contributed by atoms with van der Waals surface area (Å²) < 4.78 is 5.15. The summed E-state index contributed by atoms with van der Waals surface area (Å²) in [4.78, 5) is 25.2. The average molecular weight is 337 g/mol. The van der Waals surface area contributed by atoms with Crippen LogP contribution in [0.1, 0.15) is 43.5 Å². The Morgan fingerprint density at radius 1 is 1.27 bits per heavy atom. The maximum Gasteiger partial charge on any atom is 0.341 e. The maximum atomic E-state index is 12.3. The molecule has 0 aromatic carbocycles. The van der Waals surface area contributed by atoms with Gasteiger partial charge < -0.3 is 10.1 Å². The van der Waals surface area contributed by atoms with Crippen LogP contribution in [-0.2, 0) is 9.53 Å². The lowest BCUT2D eigenvalue weighted by Crippen LogP contribution is -2.14. The third-order valence-electron chi connectivity index (χ3n) is 3.07. The van der Waals surface area contributed by atoms with Crippen LogP contribution in [0.2, 0.25) is 0 Å². The van der Waals surface area contributed by atoms with Gasteiger partial charge in [0, 0.05) is 22.2 Å². The molecule has 118 valence electrons. The molecule has 0 aliphatic carbocycles. The molecule has 0 atom stereocenters. The van der Waals surface area contributed by atoms with Gasteiger partial charge in [-0.25, -0.2) is 4.79 Å². The summed E-state index contributed by atoms with van der Waals surface area (Å²) in [5.41, 5.74) is 1.28. The second kappa shape index (κ2) is 8.10. The van der Waals surface area contributed by atoms with Crippen molar-refractivity contribution in [1.82, 2.24) is 0 Å². The van der Waals surface area contributed by atoms with E-state index >= 15 is 0 Å². The summed E-state index contributed by atoms with van der Waals surface area (Å²) in [5, 5.41) is 7.28. The zero-order chi connectivity index (χ0) is 15.9. The number of hydrogen-bond acceptors (Lipinski definition) is 5. The van der Waals surface area contributed by atoms with Crippen LogP contribution in [0, 0.1) is 0 Å². The Bertz CT molecular complexity index is 632. The van der Waals surface area contributed by atoms with Crippen molar-refractivity contribution >= 4 is 39.6 Å². The highest BCUT2D eigenvalue weighted by Gasteiger charge is 2.23. The fourth-order valence-electron chi connectivity index (χ4n) is 2.00. The van der Waals surface area contributed by atoms with Crippen molar-refractivity contribution in [2.45, 2.75) is 33.1 Å². The summed E-state index contributed by atoms with van der Waals surface area (Å²) in [5.74, 6) is -0.454. The van der Waals surface area contributed by atoms with E-state index < -0.39 is 5.97 Å². The molecule has 0 bridgehead atoms. The number of rotatable bonds is 7. The normalized spacial score (nSPS) is 10.5. The molecule has 1 N–H and O–H groups in total. The molecule has 2 aromatic rings. The summed E-state index contributed by atoms with van der Waals surface area (Å²) in [7, 11) is 0. The van der Waals surface area contributed by atoms with E-state index in [1.165, 1.54) is 11.3 Å². The van der Waals surface area contributed by atoms with Crippen molar-refractivity contribution in [3.05, 3.63) is 28.5 Å². The summed E-state index contributed by atoms with van der Waals surface area (Å²) >= 11 is 2.92. The molecule has 2 aromatic heterocycles. The van der Waals surface area contributed by atoms with E-state index in [9.17, 15) is 9.59 Å². The van der Waals surface area contributed by atoms with E-state index in [4.69, 9.17) is 4.74 Å². The number of nitrogens with one attached hydrogen (secondary N) is 1. The van der Waals surface area contributed by atoms with E-state index in [1.807, 2.05) is 29.8 Å². The predicted molar refractivity (Wildman–Crippen MR) is 91.7 cm³/mol. The molecule has 0 saturated carbocycles. The molecule has 0 fully saturated rings. The minimum Gasteiger partial charge on any atom is -0.462 e.